The first kappa shape index (κ1) is 16.1. The number of hydrogen-bond acceptors (Lipinski definition) is 4. The lowest BCUT2D eigenvalue weighted by Gasteiger charge is -2.07. The van der Waals surface area contributed by atoms with E-state index >= 15 is 0 Å². The summed E-state index contributed by atoms with van der Waals surface area (Å²) in [5, 5.41) is 0. The molecule has 1 N–H and O–H groups in total. The van der Waals surface area contributed by atoms with Crippen molar-refractivity contribution in [3.8, 4) is 0 Å². The van der Waals surface area contributed by atoms with Crippen LogP contribution in [-0.4, -0.2) is 41.4 Å². The quantitative estimate of drug-likeness (QED) is 0.661. The van der Waals surface area contributed by atoms with E-state index in [1.807, 2.05) is 6.92 Å². The molecule has 0 fully saturated rings. The Morgan fingerprint density at radius 2 is 1.63 bits per heavy atom. The van der Waals surface area contributed by atoms with Gasteiger partial charge in [-0.15, -0.1) is 0 Å². The van der Waals surface area contributed by atoms with Crippen molar-refractivity contribution in [2.75, 3.05) is 33.0 Å². The van der Waals surface area contributed by atoms with E-state index in [2.05, 4.69) is 4.72 Å². The standard InChI is InChI=1S/C13H21NO4S/c1-2-9-17-11-12-18-10-8-14-19(15,16)13-6-4-3-5-7-13/h3-7,14H,2,8-12H2,1H3. The van der Waals surface area contributed by atoms with Crippen molar-refractivity contribution in [1.29, 1.82) is 0 Å². The Labute approximate surface area is 115 Å². The highest BCUT2D eigenvalue weighted by molar-refractivity contribution is 7.89. The summed E-state index contributed by atoms with van der Waals surface area (Å²) in [6, 6.07) is 8.27. The number of nitrogens with one attached hydrogen (secondary N) is 1. The smallest absolute Gasteiger partial charge is 0.240 e. The summed E-state index contributed by atoms with van der Waals surface area (Å²) in [7, 11) is -3.42. The van der Waals surface area contributed by atoms with Gasteiger partial charge in [0.2, 0.25) is 10.0 Å². The van der Waals surface area contributed by atoms with Gasteiger partial charge < -0.3 is 9.47 Å². The summed E-state index contributed by atoms with van der Waals surface area (Å²) in [6.45, 7) is 4.38. The van der Waals surface area contributed by atoms with Gasteiger partial charge in [0.15, 0.2) is 0 Å². The lowest BCUT2D eigenvalue weighted by Crippen LogP contribution is -2.27. The van der Waals surface area contributed by atoms with Crippen molar-refractivity contribution in [1.82, 2.24) is 4.72 Å². The highest BCUT2D eigenvalue weighted by atomic mass is 32.2. The molecule has 0 saturated heterocycles. The monoisotopic (exact) mass is 287 g/mol. The van der Waals surface area contributed by atoms with Crippen molar-refractivity contribution in [3.63, 3.8) is 0 Å². The SMILES string of the molecule is CCCOCCOCCNS(=O)(=O)c1ccccc1. The number of sulfonamides is 1. The maximum Gasteiger partial charge on any atom is 0.240 e. The molecule has 0 spiro atoms. The second-order valence-corrected chi connectivity index (χ2v) is 5.70. The fourth-order valence-corrected chi connectivity index (χ4v) is 2.43. The fourth-order valence-electron chi connectivity index (χ4n) is 1.40. The molecule has 0 bridgehead atoms. The van der Waals surface area contributed by atoms with E-state index in [4.69, 9.17) is 9.47 Å². The van der Waals surface area contributed by atoms with Crippen molar-refractivity contribution >= 4 is 10.0 Å². The van der Waals surface area contributed by atoms with Crippen LogP contribution in [0.15, 0.2) is 35.2 Å². The number of hydrogen-bond donors (Lipinski definition) is 1. The summed E-state index contributed by atoms with van der Waals surface area (Å²) in [5.41, 5.74) is 0. The molecule has 0 aromatic heterocycles. The molecule has 0 atom stereocenters. The van der Waals surface area contributed by atoms with Crippen molar-refractivity contribution in [3.05, 3.63) is 30.3 Å². The zero-order chi connectivity index (χ0) is 14.0. The van der Waals surface area contributed by atoms with Gasteiger partial charge in [-0.3, -0.25) is 0 Å². The highest BCUT2D eigenvalue weighted by Crippen LogP contribution is 2.06. The van der Waals surface area contributed by atoms with Gasteiger partial charge in [0.05, 0.1) is 24.7 Å². The number of benzene rings is 1. The topological polar surface area (TPSA) is 64.6 Å². The Morgan fingerprint density at radius 3 is 2.26 bits per heavy atom. The zero-order valence-corrected chi connectivity index (χ0v) is 12.0. The van der Waals surface area contributed by atoms with E-state index in [1.54, 1.807) is 30.3 Å². The van der Waals surface area contributed by atoms with E-state index in [0.717, 1.165) is 13.0 Å². The van der Waals surface area contributed by atoms with Crippen LogP contribution in [0, 0.1) is 0 Å². The maximum absolute atomic E-state index is 11.8. The molecule has 6 heteroatoms. The van der Waals surface area contributed by atoms with Crippen LogP contribution in [0.25, 0.3) is 0 Å². The molecule has 1 aromatic rings. The van der Waals surface area contributed by atoms with E-state index in [-0.39, 0.29) is 11.4 Å². The van der Waals surface area contributed by atoms with E-state index in [1.165, 1.54) is 0 Å². The number of rotatable bonds is 10. The van der Waals surface area contributed by atoms with Crippen LogP contribution in [0.4, 0.5) is 0 Å². The minimum absolute atomic E-state index is 0.255. The Morgan fingerprint density at radius 1 is 1.00 bits per heavy atom. The Kier molecular flexibility index (Phi) is 7.66. The summed E-state index contributed by atoms with van der Waals surface area (Å²) < 4.78 is 36.6. The number of ether oxygens (including phenoxy) is 2. The predicted molar refractivity (Wildman–Crippen MR) is 73.6 cm³/mol. The third-order valence-electron chi connectivity index (χ3n) is 2.31. The van der Waals surface area contributed by atoms with Crippen LogP contribution in [-0.2, 0) is 19.5 Å². The molecule has 1 aromatic carbocycles. The Balaban J connectivity index is 2.15. The van der Waals surface area contributed by atoms with Crippen LogP contribution >= 0.6 is 0 Å². The van der Waals surface area contributed by atoms with Gasteiger partial charge in [-0.2, -0.15) is 0 Å². The molecule has 0 aliphatic rings. The molecule has 0 radical (unpaired) electrons. The third-order valence-corrected chi connectivity index (χ3v) is 3.79. The molecule has 0 amide bonds. The van der Waals surface area contributed by atoms with Crippen LogP contribution in [0.3, 0.4) is 0 Å². The minimum atomic E-state index is -3.42. The molecule has 108 valence electrons. The third kappa shape index (κ3) is 6.68. The van der Waals surface area contributed by atoms with Crippen molar-refractivity contribution in [2.45, 2.75) is 18.2 Å². The van der Waals surface area contributed by atoms with Gasteiger partial charge in [0.1, 0.15) is 0 Å². The van der Waals surface area contributed by atoms with Gasteiger partial charge in [-0.25, -0.2) is 13.1 Å². The summed E-state index contributed by atoms with van der Waals surface area (Å²) in [4.78, 5) is 0.265. The first-order valence-corrected chi connectivity index (χ1v) is 7.85. The molecular weight excluding hydrogens is 266 g/mol. The largest absolute Gasteiger partial charge is 0.379 e. The summed E-state index contributed by atoms with van der Waals surface area (Å²) >= 11 is 0. The van der Waals surface area contributed by atoms with Gasteiger partial charge in [0, 0.05) is 13.2 Å². The molecule has 0 heterocycles. The fraction of sp³-hybridized carbons (Fsp3) is 0.538. The maximum atomic E-state index is 11.8. The first-order chi connectivity index (χ1) is 9.17. The second kappa shape index (κ2) is 9.03. The molecule has 0 aliphatic heterocycles. The molecule has 19 heavy (non-hydrogen) atoms. The normalized spacial score (nSPS) is 11.6. The molecule has 1 rings (SSSR count). The lowest BCUT2D eigenvalue weighted by atomic mass is 10.4. The van der Waals surface area contributed by atoms with E-state index in [9.17, 15) is 8.42 Å². The predicted octanol–water partition coefficient (Wildman–Crippen LogP) is 1.41. The van der Waals surface area contributed by atoms with Crippen molar-refractivity contribution in [2.24, 2.45) is 0 Å². The van der Waals surface area contributed by atoms with Crippen LogP contribution in [0.2, 0.25) is 0 Å². The average molecular weight is 287 g/mol. The molecule has 0 unspecified atom stereocenters. The lowest BCUT2D eigenvalue weighted by molar-refractivity contribution is 0.0502. The van der Waals surface area contributed by atoms with Gasteiger partial charge in [-0.1, -0.05) is 25.1 Å². The first-order valence-electron chi connectivity index (χ1n) is 6.37. The summed E-state index contributed by atoms with van der Waals surface area (Å²) in [5.74, 6) is 0. The van der Waals surface area contributed by atoms with Crippen LogP contribution < -0.4 is 4.72 Å². The minimum Gasteiger partial charge on any atom is -0.379 e. The van der Waals surface area contributed by atoms with Crippen molar-refractivity contribution < 1.29 is 17.9 Å². The summed E-state index contributed by atoms with van der Waals surface area (Å²) in [6.07, 6.45) is 0.983. The molecule has 0 saturated carbocycles. The molecule has 5 nitrogen and oxygen atoms in total. The van der Waals surface area contributed by atoms with Gasteiger partial charge in [0.25, 0.3) is 0 Å². The van der Waals surface area contributed by atoms with Gasteiger partial charge in [-0.05, 0) is 18.6 Å². The second-order valence-electron chi connectivity index (χ2n) is 3.94. The molecule has 0 aliphatic carbocycles. The van der Waals surface area contributed by atoms with Crippen LogP contribution in [0.1, 0.15) is 13.3 Å². The highest BCUT2D eigenvalue weighted by Gasteiger charge is 2.11. The Hall–Kier alpha value is -0.950. The van der Waals surface area contributed by atoms with Gasteiger partial charge >= 0.3 is 0 Å². The molecular formula is C13H21NO4S. The average Bonchev–Trinajstić information content (AvgIpc) is 2.43. The van der Waals surface area contributed by atoms with E-state index in [0.29, 0.717) is 19.8 Å². The van der Waals surface area contributed by atoms with E-state index < -0.39 is 10.0 Å². The van der Waals surface area contributed by atoms with Crippen LogP contribution in [0.5, 0.6) is 0 Å². The Bertz CT molecular complexity index is 433. The zero-order valence-electron chi connectivity index (χ0n) is 11.2.